The molecule has 0 amide bonds. The van der Waals surface area contributed by atoms with Gasteiger partial charge in [0.05, 0.1) is 6.61 Å². The van der Waals surface area contributed by atoms with E-state index in [1.165, 1.54) is 12.1 Å². The fraction of sp³-hybridized carbons (Fsp3) is 0.111. The van der Waals surface area contributed by atoms with Crippen LogP contribution in [0.1, 0.15) is 6.92 Å². The van der Waals surface area contributed by atoms with Crippen LogP contribution in [0.4, 0.5) is 27.5 Å². The summed E-state index contributed by atoms with van der Waals surface area (Å²) in [6.07, 6.45) is 1.65. The van der Waals surface area contributed by atoms with Gasteiger partial charge in [0.15, 0.2) is 0 Å². The van der Waals surface area contributed by atoms with E-state index in [-0.39, 0.29) is 5.82 Å². The zero-order valence-electron chi connectivity index (χ0n) is 13.2. The van der Waals surface area contributed by atoms with Crippen LogP contribution in [0.3, 0.4) is 0 Å². The molecule has 3 aromatic rings. The van der Waals surface area contributed by atoms with Crippen molar-refractivity contribution in [2.24, 2.45) is 0 Å². The van der Waals surface area contributed by atoms with Crippen molar-refractivity contribution in [1.82, 2.24) is 9.97 Å². The minimum atomic E-state index is -0.285. The van der Waals surface area contributed by atoms with Gasteiger partial charge < -0.3 is 15.4 Å². The molecule has 1 aromatic heterocycles. The molecular weight excluding hydrogens is 307 g/mol. The summed E-state index contributed by atoms with van der Waals surface area (Å²) >= 11 is 0. The zero-order chi connectivity index (χ0) is 16.8. The van der Waals surface area contributed by atoms with Crippen LogP contribution in [0.15, 0.2) is 60.8 Å². The lowest BCUT2D eigenvalue weighted by molar-refractivity contribution is 0.340. The number of nitrogens with zero attached hydrogens (tertiary/aromatic N) is 2. The number of halogens is 1. The van der Waals surface area contributed by atoms with Crippen molar-refractivity contribution in [3.8, 4) is 5.75 Å². The van der Waals surface area contributed by atoms with Crippen molar-refractivity contribution in [3.63, 3.8) is 0 Å². The van der Waals surface area contributed by atoms with Crippen molar-refractivity contribution in [1.29, 1.82) is 0 Å². The Bertz CT molecular complexity index is 791. The Labute approximate surface area is 139 Å². The third-order valence-electron chi connectivity index (χ3n) is 3.19. The number of aromatic nitrogens is 2. The van der Waals surface area contributed by atoms with Gasteiger partial charge in [-0.1, -0.05) is 0 Å². The molecule has 2 N–H and O–H groups in total. The summed E-state index contributed by atoms with van der Waals surface area (Å²) in [6, 6.07) is 15.4. The van der Waals surface area contributed by atoms with Crippen LogP contribution in [0.2, 0.25) is 0 Å². The number of ether oxygens (including phenoxy) is 1. The molecule has 0 radical (unpaired) electrons. The zero-order valence-corrected chi connectivity index (χ0v) is 13.2. The third-order valence-corrected chi connectivity index (χ3v) is 3.19. The summed E-state index contributed by atoms with van der Waals surface area (Å²) in [6.45, 7) is 2.58. The molecule has 1 heterocycles. The number of hydrogen-bond acceptors (Lipinski definition) is 5. The standard InChI is InChI=1S/C18H17FN4O/c1-2-24-16-9-7-14(8-10-16)21-17-11-12-20-18(23-17)22-15-5-3-13(19)4-6-15/h3-12H,2H2,1H3,(H2,20,21,22,23). The number of hydrogen-bond donors (Lipinski definition) is 2. The van der Waals surface area contributed by atoms with Crippen molar-refractivity contribution in [2.45, 2.75) is 6.92 Å². The van der Waals surface area contributed by atoms with Gasteiger partial charge in [-0.15, -0.1) is 0 Å². The average molecular weight is 324 g/mol. The molecule has 0 bridgehead atoms. The third kappa shape index (κ3) is 4.19. The first kappa shape index (κ1) is 15.7. The van der Waals surface area contributed by atoms with Crippen molar-refractivity contribution < 1.29 is 9.13 Å². The van der Waals surface area contributed by atoms with Gasteiger partial charge in [-0.05, 0) is 61.5 Å². The van der Waals surface area contributed by atoms with Crippen LogP contribution < -0.4 is 15.4 Å². The van der Waals surface area contributed by atoms with Crippen molar-refractivity contribution >= 4 is 23.1 Å². The Morgan fingerprint density at radius 3 is 2.29 bits per heavy atom. The number of benzene rings is 2. The summed E-state index contributed by atoms with van der Waals surface area (Å²) in [5, 5.41) is 6.24. The fourth-order valence-electron chi connectivity index (χ4n) is 2.10. The Morgan fingerprint density at radius 1 is 0.917 bits per heavy atom. The van der Waals surface area contributed by atoms with Crippen molar-refractivity contribution in [2.75, 3.05) is 17.2 Å². The minimum absolute atomic E-state index is 0.285. The number of rotatable bonds is 6. The molecule has 0 saturated carbocycles. The molecule has 0 spiro atoms. The van der Waals surface area contributed by atoms with Crippen LogP contribution in [0, 0.1) is 5.82 Å². The first-order valence-electron chi connectivity index (χ1n) is 7.58. The maximum absolute atomic E-state index is 12.9. The molecule has 0 atom stereocenters. The van der Waals surface area contributed by atoms with Gasteiger partial charge in [-0.25, -0.2) is 9.37 Å². The molecular formula is C18H17FN4O. The normalized spacial score (nSPS) is 10.2. The van der Waals surface area contributed by atoms with Gasteiger partial charge in [-0.3, -0.25) is 0 Å². The maximum atomic E-state index is 12.9. The van der Waals surface area contributed by atoms with Crippen LogP contribution in [0.5, 0.6) is 5.75 Å². The first-order chi connectivity index (χ1) is 11.7. The van der Waals surface area contributed by atoms with Crippen molar-refractivity contribution in [3.05, 3.63) is 66.6 Å². The molecule has 0 saturated heterocycles. The topological polar surface area (TPSA) is 59.1 Å². The van der Waals surface area contributed by atoms with Gasteiger partial charge in [-0.2, -0.15) is 4.98 Å². The summed E-state index contributed by atoms with van der Waals surface area (Å²) in [5.74, 6) is 1.62. The van der Waals surface area contributed by atoms with Crippen LogP contribution in [0.25, 0.3) is 0 Å². The average Bonchev–Trinajstić information content (AvgIpc) is 2.59. The highest BCUT2D eigenvalue weighted by Crippen LogP contribution is 2.20. The Hall–Kier alpha value is -3.15. The fourth-order valence-corrected chi connectivity index (χ4v) is 2.10. The van der Waals surface area contributed by atoms with Crippen LogP contribution in [-0.2, 0) is 0 Å². The van der Waals surface area contributed by atoms with Gasteiger partial charge in [0.25, 0.3) is 0 Å². The Morgan fingerprint density at radius 2 is 1.58 bits per heavy atom. The largest absolute Gasteiger partial charge is 0.494 e. The van der Waals surface area contributed by atoms with E-state index in [0.29, 0.717) is 18.4 Å². The van der Waals surface area contributed by atoms with E-state index in [9.17, 15) is 4.39 Å². The second-order valence-corrected chi connectivity index (χ2v) is 4.98. The SMILES string of the molecule is CCOc1ccc(Nc2ccnc(Nc3ccc(F)cc3)n2)cc1. The first-order valence-corrected chi connectivity index (χ1v) is 7.58. The van der Waals surface area contributed by atoms with Gasteiger partial charge >= 0.3 is 0 Å². The highest BCUT2D eigenvalue weighted by molar-refractivity contribution is 5.59. The van der Waals surface area contributed by atoms with Gasteiger partial charge in [0.1, 0.15) is 17.4 Å². The lowest BCUT2D eigenvalue weighted by Gasteiger charge is -2.09. The van der Waals surface area contributed by atoms with E-state index in [1.54, 1.807) is 24.4 Å². The Balaban J connectivity index is 1.69. The predicted octanol–water partition coefficient (Wildman–Crippen LogP) is 4.50. The minimum Gasteiger partial charge on any atom is -0.494 e. The quantitative estimate of drug-likeness (QED) is 0.699. The maximum Gasteiger partial charge on any atom is 0.229 e. The molecule has 122 valence electrons. The van der Waals surface area contributed by atoms with Gasteiger partial charge in [0, 0.05) is 17.6 Å². The smallest absolute Gasteiger partial charge is 0.229 e. The number of nitrogens with one attached hydrogen (secondary N) is 2. The molecule has 0 unspecified atom stereocenters. The monoisotopic (exact) mass is 324 g/mol. The summed E-state index contributed by atoms with van der Waals surface area (Å²) in [4.78, 5) is 8.55. The number of anilines is 4. The molecule has 0 aliphatic heterocycles. The van der Waals surface area contributed by atoms with E-state index < -0.39 is 0 Å². The van der Waals surface area contributed by atoms with E-state index in [1.807, 2.05) is 31.2 Å². The lowest BCUT2D eigenvalue weighted by Crippen LogP contribution is -2.00. The van der Waals surface area contributed by atoms with E-state index >= 15 is 0 Å². The predicted molar refractivity (Wildman–Crippen MR) is 92.6 cm³/mol. The molecule has 6 heteroatoms. The van der Waals surface area contributed by atoms with Crippen LogP contribution in [-0.4, -0.2) is 16.6 Å². The second-order valence-electron chi connectivity index (χ2n) is 4.98. The molecule has 0 fully saturated rings. The van der Waals surface area contributed by atoms with Crippen LogP contribution >= 0.6 is 0 Å². The van der Waals surface area contributed by atoms with E-state index in [0.717, 1.165) is 17.1 Å². The molecule has 2 aromatic carbocycles. The highest BCUT2D eigenvalue weighted by atomic mass is 19.1. The molecule has 0 aliphatic carbocycles. The lowest BCUT2D eigenvalue weighted by atomic mass is 10.3. The molecule has 3 rings (SSSR count). The molecule has 5 nitrogen and oxygen atoms in total. The Kier molecular flexibility index (Phi) is 4.86. The second kappa shape index (κ2) is 7.41. The van der Waals surface area contributed by atoms with E-state index in [4.69, 9.17) is 4.74 Å². The summed E-state index contributed by atoms with van der Waals surface area (Å²) in [7, 11) is 0. The highest BCUT2D eigenvalue weighted by Gasteiger charge is 2.02. The summed E-state index contributed by atoms with van der Waals surface area (Å²) < 4.78 is 18.3. The molecule has 24 heavy (non-hydrogen) atoms. The molecule has 0 aliphatic rings. The summed E-state index contributed by atoms with van der Waals surface area (Å²) in [5.41, 5.74) is 1.61. The van der Waals surface area contributed by atoms with Gasteiger partial charge in [0.2, 0.25) is 5.95 Å². The van der Waals surface area contributed by atoms with E-state index in [2.05, 4.69) is 20.6 Å².